The molecule has 1 rings (SSSR count). The van der Waals surface area contributed by atoms with Crippen LogP contribution in [0.3, 0.4) is 0 Å². The number of benzene rings is 1. The average molecular weight is 275 g/mol. The Morgan fingerprint density at radius 3 is 2.42 bits per heavy atom. The van der Waals surface area contributed by atoms with Crippen molar-refractivity contribution < 1.29 is 28.5 Å². The molecule has 0 saturated heterocycles. The maximum atomic E-state index is 11.9. The molecule has 7 heteroatoms. The number of carboxylic acid groups (broad SMARTS) is 1. The van der Waals surface area contributed by atoms with E-state index in [-0.39, 0.29) is 18.3 Å². The number of aliphatic hydroxyl groups is 1. The van der Waals surface area contributed by atoms with Gasteiger partial charge in [0.25, 0.3) is 0 Å². The molecule has 0 aliphatic carbocycles. The zero-order valence-electron chi connectivity index (χ0n) is 10.2. The third-order valence-corrected chi connectivity index (χ3v) is 2.51. The van der Waals surface area contributed by atoms with E-state index in [1.807, 2.05) is 0 Å². The van der Waals surface area contributed by atoms with Crippen molar-refractivity contribution in [3.8, 4) is 5.75 Å². The normalized spacial score (nSPS) is 14.2. The third kappa shape index (κ3) is 5.19. The highest BCUT2D eigenvalue weighted by Gasteiger charge is 2.14. The minimum atomic E-state index is -2.87. The maximum Gasteiger partial charge on any atom is 0.387 e. The van der Waals surface area contributed by atoms with Crippen LogP contribution in [0.5, 0.6) is 5.75 Å². The van der Waals surface area contributed by atoms with Crippen LogP contribution in [-0.2, 0) is 4.79 Å². The molecule has 0 aliphatic heterocycles. The van der Waals surface area contributed by atoms with Crippen LogP contribution in [0.1, 0.15) is 18.5 Å². The number of carboxylic acids is 1. The summed E-state index contributed by atoms with van der Waals surface area (Å²) in [5.41, 5.74) is 0.763. The van der Waals surface area contributed by atoms with E-state index < -0.39 is 18.7 Å². The number of aliphatic carboxylic acids is 1. The van der Waals surface area contributed by atoms with E-state index in [1.165, 1.54) is 12.1 Å². The number of hydrogen-bond donors (Lipinski definition) is 3. The van der Waals surface area contributed by atoms with Gasteiger partial charge in [0.15, 0.2) is 6.10 Å². The van der Waals surface area contributed by atoms with Crippen molar-refractivity contribution in [2.75, 3.05) is 6.54 Å². The van der Waals surface area contributed by atoms with Crippen LogP contribution in [0.25, 0.3) is 0 Å². The fourth-order valence-corrected chi connectivity index (χ4v) is 1.43. The van der Waals surface area contributed by atoms with Gasteiger partial charge in [-0.2, -0.15) is 8.78 Å². The lowest BCUT2D eigenvalue weighted by Gasteiger charge is -2.16. The Bertz CT molecular complexity index is 411. The molecule has 0 saturated carbocycles. The van der Waals surface area contributed by atoms with Gasteiger partial charge in [-0.15, -0.1) is 0 Å². The van der Waals surface area contributed by atoms with Gasteiger partial charge in [0.05, 0.1) is 0 Å². The van der Waals surface area contributed by atoms with E-state index in [9.17, 15) is 13.6 Å². The lowest BCUT2D eigenvalue weighted by molar-refractivity contribution is -0.146. The van der Waals surface area contributed by atoms with Gasteiger partial charge in [0, 0.05) is 12.6 Å². The van der Waals surface area contributed by atoms with Crippen LogP contribution in [0.4, 0.5) is 8.78 Å². The highest BCUT2D eigenvalue weighted by molar-refractivity contribution is 5.72. The van der Waals surface area contributed by atoms with Crippen molar-refractivity contribution in [2.45, 2.75) is 25.7 Å². The number of ether oxygens (including phenoxy) is 1. The molecule has 0 heterocycles. The van der Waals surface area contributed by atoms with Crippen LogP contribution in [-0.4, -0.2) is 35.4 Å². The van der Waals surface area contributed by atoms with Gasteiger partial charge < -0.3 is 20.3 Å². The number of nitrogens with one attached hydrogen (secondary N) is 1. The highest BCUT2D eigenvalue weighted by atomic mass is 19.3. The topological polar surface area (TPSA) is 78.8 Å². The fourth-order valence-electron chi connectivity index (χ4n) is 1.43. The first kappa shape index (κ1) is 15.3. The quantitative estimate of drug-likeness (QED) is 0.700. The van der Waals surface area contributed by atoms with Crippen molar-refractivity contribution in [2.24, 2.45) is 0 Å². The van der Waals surface area contributed by atoms with Crippen LogP contribution in [0.2, 0.25) is 0 Å². The van der Waals surface area contributed by atoms with Gasteiger partial charge >= 0.3 is 12.6 Å². The Morgan fingerprint density at radius 2 is 1.95 bits per heavy atom. The van der Waals surface area contributed by atoms with Crippen LogP contribution < -0.4 is 10.1 Å². The van der Waals surface area contributed by atoms with Crippen LogP contribution in [0.15, 0.2) is 24.3 Å². The van der Waals surface area contributed by atoms with E-state index in [1.54, 1.807) is 19.1 Å². The van der Waals surface area contributed by atoms with Crippen molar-refractivity contribution in [3.63, 3.8) is 0 Å². The molecule has 1 aromatic rings. The monoisotopic (exact) mass is 275 g/mol. The van der Waals surface area contributed by atoms with Crippen molar-refractivity contribution >= 4 is 5.97 Å². The summed E-state index contributed by atoms with van der Waals surface area (Å²) in [5.74, 6) is -1.25. The second-order valence-corrected chi connectivity index (χ2v) is 3.93. The summed E-state index contributed by atoms with van der Waals surface area (Å²) in [6, 6.07) is 5.74. The third-order valence-electron chi connectivity index (χ3n) is 2.51. The molecule has 1 aromatic carbocycles. The van der Waals surface area contributed by atoms with E-state index in [0.29, 0.717) is 0 Å². The number of hydrogen-bond acceptors (Lipinski definition) is 4. The largest absolute Gasteiger partial charge is 0.479 e. The molecule has 0 aliphatic rings. The van der Waals surface area contributed by atoms with Gasteiger partial charge in [0.2, 0.25) is 0 Å². The molecular weight excluding hydrogens is 260 g/mol. The Balaban J connectivity index is 2.53. The molecule has 0 spiro atoms. The molecule has 2 atom stereocenters. The lowest BCUT2D eigenvalue weighted by Crippen LogP contribution is -2.34. The second kappa shape index (κ2) is 7.01. The first-order valence-corrected chi connectivity index (χ1v) is 5.59. The van der Waals surface area contributed by atoms with E-state index in [4.69, 9.17) is 10.2 Å². The Morgan fingerprint density at radius 1 is 1.37 bits per heavy atom. The summed E-state index contributed by atoms with van der Waals surface area (Å²) >= 11 is 0. The molecule has 0 radical (unpaired) electrons. The molecule has 0 bridgehead atoms. The fraction of sp³-hybridized carbons (Fsp3) is 0.417. The molecule has 1 unspecified atom stereocenters. The summed E-state index contributed by atoms with van der Waals surface area (Å²) in [6.07, 6.45) is -1.48. The minimum absolute atomic E-state index is 0.0523. The first-order valence-electron chi connectivity index (χ1n) is 5.59. The van der Waals surface area contributed by atoms with Gasteiger partial charge in [-0.25, -0.2) is 4.79 Å². The number of aliphatic hydroxyl groups excluding tert-OH is 1. The van der Waals surface area contributed by atoms with Gasteiger partial charge in [0.1, 0.15) is 5.75 Å². The second-order valence-electron chi connectivity index (χ2n) is 3.93. The van der Waals surface area contributed by atoms with Crippen LogP contribution >= 0.6 is 0 Å². The Hall–Kier alpha value is -1.73. The van der Waals surface area contributed by atoms with Gasteiger partial charge in [-0.1, -0.05) is 12.1 Å². The molecule has 0 aromatic heterocycles. The number of rotatable bonds is 7. The Kier molecular flexibility index (Phi) is 5.65. The molecule has 3 N–H and O–H groups in total. The SMILES string of the molecule is C[C@H](NCC(O)C(=O)O)c1ccc(OC(F)F)cc1. The van der Waals surface area contributed by atoms with Crippen LogP contribution in [0, 0.1) is 0 Å². The highest BCUT2D eigenvalue weighted by Crippen LogP contribution is 2.19. The number of halogens is 2. The Labute approximate surface area is 108 Å². The predicted molar refractivity (Wildman–Crippen MR) is 63.1 cm³/mol. The molecule has 19 heavy (non-hydrogen) atoms. The summed E-state index contributed by atoms with van der Waals surface area (Å²) in [6.45, 7) is -1.21. The number of alkyl halides is 2. The smallest absolute Gasteiger partial charge is 0.387 e. The molecule has 0 amide bonds. The van der Waals surface area contributed by atoms with Crippen molar-refractivity contribution in [1.82, 2.24) is 5.32 Å². The van der Waals surface area contributed by atoms with E-state index in [2.05, 4.69) is 10.1 Å². The van der Waals surface area contributed by atoms with E-state index >= 15 is 0 Å². The summed E-state index contributed by atoms with van der Waals surface area (Å²) in [7, 11) is 0. The maximum absolute atomic E-state index is 11.9. The van der Waals surface area contributed by atoms with Crippen molar-refractivity contribution in [3.05, 3.63) is 29.8 Å². The molecular formula is C12H15F2NO4. The average Bonchev–Trinajstić information content (AvgIpc) is 2.35. The predicted octanol–water partition coefficient (Wildman–Crippen LogP) is 1.38. The van der Waals surface area contributed by atoms with Gasteiger partial charge in [-0.05, 0) is 24.6 Å². The standard InChI is InChI=1S/C12H15F2NO4/c1-7(15-6-10(16)11(17)18)8-2-4-9(5-3-8)19-12(13)14/h2-5,7,10,12,15-16H,6H2,1H3,(H,17,18)/t7-,10?/m0/s1. The minimum Gasteiger partial charge on any atom is -0.479 e. The molecule has 5 nitrogen and oxygen atoms in total. The molecule has 0 fully saturated rings. The van der Waals surface area contributed by atoms with Crippen molar-refractivity contribution in [1.29, 1.82) is 0 Å². The van der Waals surface area contributed by atoms with E-state index in [0.717, 1.165) is 5.56 Å². The lowest BCUT2D eigenvalue weighted by atomic mass is 10.1. The van der Waals surface area contributed by atoms with Gasteiger partial charge in [-0.3, -0.25) is 0 Å². The summed E-state index contributed by atoms with van der Waals surface area (Å²) in [4.78, 5) is 10.4. The first-order chi connectivity index (χ1) is 8.90. The number of carbonyl (C=O) groups is 1. The molecule has 106 valence electrons. The summed E-state index contributed by atoms with van der Waals surface area (Å²) < 4.78 is 28.1. The summed E-state index contributed by atoms with van der Waals surface area (Å²) in [5, 5.41) is 20.4. The zero-order chi connectivity index (χ0) is 14.4. The zero-order valence-corrected chi connectivity index (χ0v) is 10.2.